The van der Waals surface area contributed by atoms with Gasteiger partial charge in [0.1, 0.15) is 5.82 Å². The summed E-state index contributed by atoms with van der Waals surface area (Å²) >= 11 is 0. The van der Waals surface area contributed by atoms with Gasteiger partial charge < -0.3 is 4.57 Å². The molecule has 0 amide bonds. The molecule has 0 aliphatic carbocycles. The molecule has 0 unspecified atom stereocenters. The zero-order valence-corrected chi connectivity index (χ0v) is 19.0. The Bertz CT molecular complexity index is 1330. The number of nitrogens with one attached hydrogen (secondary N) is 1. The lowest BCUT2D eigenvalue weighted by Gasteiger charge is -2.17. The number of rotatable bonds is 9. The minimum atomic E-state index is -4.01. The van der Waals surface area contributed by atoms with Crippen LogP contribution in [0.5, 0.6) is 0 Å². The van der Waals surface area contributed by atoms with Gasteiger partial charge in [0.2, 0.25) is 10.0 Å². The van der Waals surface area contributed by atoms with Crippen molar-refractivity contribution < 1.29 is 12.8 Å². The molecule has 0 aliphatic rings. The van der Waals surface area contributed by atoms with Gasteiger partial charge in [0.15, 0.2) is 4.90 Å². The van der Waals surface area contributed by atoms with Crippen molar-refractivity contribution in [3.63, 3.8) is 0 Å². The summed E-state index contributed by atoms with van der Waals surface area (Å²) < 4.78 is 41.9. The molecule has 11 heteroatoms. The predicted octanol–water partition coefficient (Wildman–Crippen LogP) is 1.65. The van der Waals surface area contributed by atoms with Crippen LogP contribution in [0.3, 0.4) is 0 Å². The maximum Gasteiger partial charge on any atom is 0.330 e. The lowest BCUT2D eigenvalue weighted by atomic mass is 10.1. The molecular formula is C21H26FN5O4S. The van der Waals surface area contributed by atoms with Gasteiger partial charge in [-0.3, -0.25) is 14.5 Å². The van der Waals surface area contributed by atoms with E-state index in [1.165, 1.54) is 33.3 Å². The smallest absolute Gasteiger partial charge is 0.302 e. The number of hydrogen-bond acceptors (Lipinski definition) is 5. The lowest BCUT2D eigenvalue weighted by molar-refractivity contribution is 0.448. The quantitative estimate of drug-likeness (QED) is 0.485. The number of aromatic nitrogens is 4. The van der Waals surface area contributed by atoms with E-state index in [2.05, 4.69) is 10.2 Å². The van der Waals surface area contributed by atoms with E-state index in [1.54, 1.807) is 12.1 Å². The third-order valence-corrected chi connectivity index (χ3v) is 7.11. The Balaban J connectivity index is 1.53. The van der Waals surface area contributed by atoms with Gasteiger partial charge in [0.25, 0.3) is 5.56 Å². The van der Waals surface area contributed by atoms with Crippen molar-refractivity contribution in [2.75, 3.05) is 13.6 Å². The van der Waals surface area contributed by atoms with Crippen molar-refractivity contribution in [3.8, 4) is 11.3 Å². The Kier molecular flexibility index (Phi) is 7.09. The van der Waals surface area contributed by atoms with Crippen LogP contribution in [-0.2, 0) is 30.5 Å². The highest BCUT2D eigenvalue weighted by Crippen LogP contribution is 2.19. The average molecular weight is 464 g/mol. The number of unbranched alkanes of at least 4 members (excludes halogenated alkanes) is 2. The molecule has 0 spiro atoms. The number of sulfonamides is 1. The summed E-state index contributed by atoms with van der Waals surface area (Å²) in [4.78, 5) is 23.6. The number of aromatic amines is 1. The first-order chi connectivity index (χ1) is 15.1. The molecular weight excluding hydrogens is 437 g/mol. The maximum absolute atomic E-state index is 13.4. The van der Waals surface area contributed by atoms with Crippen molar-refractivity contribution in [2.24, 2.45) is 14.1 Å². The van der Waals surface area contributed by atoms with Gasteiger partial charge in [-0.1, -0.05) is 18.6 Å². The van der Waals surface area contributed by atoms with Crippen LogP contribution in [-0.4, -0.2) is 45.6 Å². The summed E-state index contributed by atoms with van der Waals surface area (Å²) in [7, 11) is 0.0562. The molecule has 0 fully saturated rings. The summed E-state index contributed by atoms with van der Waals surface area (Å²) in [5.74, 6) is -0.318. The highest BCUT2D eigenvalue weighted by atomic mass is 32.2. The third kappa shape index (κ3) is 5.05. The largest absolute Gasteiger partial charge is 0.330 e. The van der Waals surface area contributed by atoms with Crippen LogP contribution in [0.4, 0.5) is 4.39 Å². The highest BCUT2D eigenvalue weighted by molar-refractivity contribution is 7.89. The van der Waals surface area contributed by atoms with E-state index in [0.29, 0.717) is 17.7 Å². The molecule has 2 heterocycles. The molecule has 0 saturated carbocycles. The van der Waals surface area contributed by atoms with Gasteiger partial charge in [-0.25, -0.2) is 21.9 Å². The fraction of sp³-hybridized carbons (Fsp3) is 0.381. The predicted molar refractivity (Wildman–Crippen MR) is 118 cm³/mol. The molecule has 172 valence electrons. The zero-order chi connectivity index (χ0) is 23.5. The van der Waals surface area contributed by atoms with Crippen LogP contribution >= 0.6 is 0 Å². The van der Waals surface area contributed by atoms with Gasteiger partial charge in [0.05, 0.1) is 5.69 Å². The Morgan fingerprint density at radius 1 is 1.12 bits per heavy atom. The fourth-order valence-corrected chi connectivity index (χ4v) is 4.71. The highest BCUT2D eigenvalue weighted by Gasteiger charge is 2.25. The molecule has 9 nitrogen and oxygen atoms in total. The van der Waals surface area contributed by atoms with Crippen LogP contribution in [0.15, 0.2) is 51.0 Å². The van der Waals surface area contributed by atoms with Crippen molar-refractivity contribution in [2.45, 2.75) is 30.6 Å². The van der Waals surface area contributed by atoms with Gasteiger partial charge in [0, 0.05) is 45.1 Å². The molecule has 32 heavy (non-hydrogen) atoms. The van der Waals surface area contributed by atoms with Crippen molar-refractivity contribution in [1.29, 1.82) is 0 Å². The monoisotopic (exact) mass is 463 g/mol. The van der Waals surface area contributed by atoms with Crippen LogP contribution < -0.4 is 11.2 Å². The number of H-pyrrole nitrogens is 1. The third-order valence-electron chi connectivity index (χ3n) is 5.27. The first-order valence-electron chi connectivity index (χ1n) is 10.1. The van der Waals surface area contributed by atoms with Crippen molar-refractivity contribution >= 4 is 10.0 Å². The minimum Gasteiger partial charge on any atom is -0.302 e. The summed E-state index contributed by atoms with van der Waals surface area (Å²) in [6.07, 6.45) is 3.96. The number of benzene rings is 1. The lowest BCUT2D eigenvalue weighted by Crippen LogP contribution is -2.42. The van der Waals surface area contributed by atoms with Crippen LogP contribution in [0.25, 0.3) is 11.3 Å². The summed E-state index contributed by atoms with van der Waals surface area (Å²) in [6, 6.07) is 8.10. The molecule has 0 aliphatic heterocycles. The zero-order valence-electron chi connectivity index (χ0n) is 18.2. The van der Waals surface area contributed by atoms with Gasteiger partial charge in [-0.2, -0.15) is 5.10 Å². The van der Waals surface area contributed by atoms with E-state index in [9.17, 15) is 22.4 Å². The van der Waals surface area contributed by atoms with Crippen LogP contribution in [0, 0.1) is 5.82 Å². The van der Waals surface area contributed by atoms with Crippen LogP contribution in [0.1, 0.15) is 25.0 Å². The molecule has 3 rings (SSSR count). The number of hydrogen-bond donors (Lipinski definition) is 1. The molecule has 0 saturated heterocycles. The molecule has 0 atom stereocenters. The van der Waals surface area contributed by atoms with E-state index >= 15 is 0 Å². The summed E-state index contributed by atoms with van der Waals surface area (Å²) in [5.41, 5.74) is 0.858. The Labute approximate surface area is 185 Å². The molecule has 3 aromatic rings. The number of aryl methyl sites for hydroxylation is 2. The molecule has 1 aromatic carbocycles. The standard InChI is InChI=1S/C21H26FN5O4S/c1-25-14-19(20(28)27(3)21(25)29)32(30,31)26(2)11-6-4-5-10-17-13-18(24-23-17)15-8-7-9-16(22)12-15/h7-9,12-14H,4-6,10-11H2,1-3H3,(H,23,24). The van der Waals surface area contributed by atoms with Gasteiger partial charge in [-0.15, -0.1) is 0 Å². The fourth-order valence-electron chi connectivity index (χ4n) is 3.35. The van der Waals surface area contributed by atoms with Crippen molar-refractivity contribution in [3.05, 3.63) is 68.9 Å². The minimum absolute atomic E-state index is 0.242. The van der Waals surface area contributed by atoms with E-state index in [1.807, 2.05) is 6.07 Å². The first kappa shape index (κ1) is 23.6. The maximum atomic E-state index is 13.4. The summed E-state index contributed by atoms with van der Waals surface area (Å²) in [6.45, 7) is 0.242. The Morgan fingerprint density at radius 3 is 2.59 bits per heavy atom. The van der Waals surface area contributed by atoms with Crippen LogP contribution in [0.2, 0.25) is 0 Å². The van der Waals surface area contributed by atoms with E-state index in [4.69, 9.17) is 0 Å². The Hall–Kier alpha value is -3.05. The Morgan fingerprint density at radius 2 is 1.88 bits per heavy atom. The topological polar surface area (TPSA) is 110 Å². The SMILES string of the molecule is CN(CCCCCc1cc(-c2cccc(F)c2)n[nH]1)S(=O)(=O)c1cn(C)c(=O)n(C)c1=O. The summed E-state index contributed by atoms with van der Waals surface area (Å²) in [5, 5.41) is 7.16. The second-order valence-electron chi connectivity index (χ2n) is 7.68. The average Bonchev–Trinajstić information content (AvgIpc) is 3.23. The normalized spacial score (nSPS) is 11.9. The van der Waals surface area contributed by atoms with E-state index in [-0.39, 0.29) is 12.4 Å². The second-order valence-corrected chi connectivity index (χ2v) is 9.69. The van der Waals surface area contributed by atoms with E-state index in [0.717, 1.165) is 44.6 Å². The number of halogens is 1. The van der Waals surface area contributed by atoms with Gasteiger partial charge >= 0.3 is 5.69 Å². The molecule has 0 bridgehead atoms. The molecule has 1 N–H and O–H groups in total. The molecule has 2 aromatic heterocycles. The molecule has 0 radical (unpaired) electrons. The van der Waals surface area contributed by atoms with Gasteiger partial charge in [-0.05, 0) is 37.5 Å². The second kappa shape index (κ2) is 9.61. The van der Waals surface area contributed by atoms with E-state index < -0.39 is 26.2 Å². The van der Waals surface area contributed by atoms with Crippen molar-refractivity contribution in [1.82, 2.24) is 23.6 Å². The number of nitrogens with zero attached hydrogens (tertiary/aromatic N) is 4. The first-order valence-corrected chi connectivity index (χ1v) is 11.6.